The molecule has 0 aliphatic carbocycles. The molecule has 1 N–H and O–H groups in total. The van der Waals surface area contributed by atoms with Crippen molar-refractivity contribution in [2.75, 3.05) is 0 Å². The van der Waals surface area contributed by atoms with E-state index in [-0.39, 0.29) is 12.3 Å². The number of amides is 1. The molecular weight excluding hydrogens is 336 g/mol. The van der Waals surface area contributed by atoms with Crippen LogP contribution in [0.15, 0.2) is 71.1 Å². The molecule has 1 aromatic heterocycles. The van der Waals surface area contributed by atoms with Crippen molar-refractivity contribution in [1.82, 2.24) is 5.32 Å². The molecule has 1 amide bonds. The van der Waals surface area contributed by atoms with E-state index in [0.717, 1.165) is 22.9 Å². The van der Waals surface area contributed by atoms with Crippen molar-refractivity contribution >= 4 is 11.8 Å². The number of rotatable bonds is 7. The van der Waals surface area contributed by atoms with Gasteiger partial charge in [0.1, 0.15) is 17.3 Å². The maximum absolute atomic E-state index is 12.1. The fraction of sp³-hybridized carbons (Fsp3) is 0.105. The Morgan fingerprint density at radius 3 is 2.38 bits per heavy atom. The number of benzene rings is 2. The van der Waals surface area contributed by atoms with E-state index >= 15 is 0 Å². The minimum atomic E-state index is -0.687. The van der Waals surface area contributed by atoms with Gasteiger partial charge in [-0.15, -0.1) is 0 Å². The van der Waals surface area contributed by atoms with Crippen molar-refractivity contribution in [3.05, 3.63) is 93.7 Å². The number of para-hydroxylation sites is 1. The predicted octanol–water partition coefficient (Wildman–Crippen LogP) is 3.70. The highest BCUT2D eigenvalue weighted by Crippen LogP contribution is 2.17. The summed E-state index contributed by atoms with van der Waals surface area (Å²) in [6.45, 7) is 0.615. The third-order valence-electron chi connectivity index (χ3n) is 3.69. The molecule has 3 rings (SSSR count). The Labute approximate surface area is 149 Å². The molecule has 26 heavy (non-hydrogen) atoms. The van der Waals surface area contributed by atoms with Crippen molar-refractivity contribution in [3.8, 4) is 5.75 Å². The van der Waals surface area contributed by atoms with Gasteiger partial charge in [-0.2, -0.15) is 0 Å². The third kappa shape index (κ3) is 4.27. The Balaban J connectivity index is 1.62. The van der Waals surface area contributed by atoms with Crippen LogP contribution in [0.5, 0.6) is 5.75 Å². The number of ether oxygens (including phenoxy) is 1. The van der Waals surface area contributed by atoms with Crippen molar-refractivity contribution in [2.45, 2.75) is 13.2 Å². The van der Waals surface area contributed by atoms with Crippen molar-refractivity contribution < 1.29 is 18.9 Å². The lowest BCUT2D eigenvalue weighted by molar-refractivity contribution is -0.402. The van der Waals surface area contributed by atoms with Crippen molar-refractivity contribution in [1.29, 1.82) is 0 Å². The van der Waals surface area contributed by atoms with E-state index in [9.17, 15) is 14.9 Å². The summed E-state index contributed by atoms with van der Waals surface area (Å²) in [5.74, 6) is -0.326. The Morgan fingerprint density at radius 2 is 1.69 bits per heavy atom. The molecule has 2 aromatic carbocycles. The number of nitrogens with one attached hydrogen (secondary N) is 1. The number of hydrogen-bond acceptors (Lipinski definition) is 5. The van der Waals surface area contributed by atoms with Crippen LogP contribution in [0.4, 0.5) is 5.88 Å². The average molecular weight is 352 g/mol. The summed E-state index contributed by atoms with van der Waals surface area (Å²) in [4.78, 5) is 22.0. The van der Waals surface area contributed by atoms with Gasteiger partial charge < -0.3 is 14.5 Å². The van der Waals surface area contributed by atoms with Gasteiger partial charge in [0.2, 0.25) is 0 Å². The fourth-order valence-electron chi connectivity index (χ4n) is 2.36. The highest BCUT2D eigenvalue weighted by Gasteiger charge is 2.17. The quantitative estimate of drug-likeness (QED) is 0.517. The van der Waals surface area contributed by atoms with Gasteiger partial charge in [0.05, 0.1) is 6.07 Å². The Bertz CT molecular complexity index is 905. The highest BCUT2D eigenvalue weighted by atomic mass is 16.6. The maximum atomic E-state index is 12.1. The zero-order valence-electron chi connectivity index (χ0n) is 13.8. The standard InChI is InChI=1S/C19H16N2O5/c22-19(17-10-11-18(26-17)21(23)24)20-12-14-6-4-5-7-15(14)13-25-16-8-2-1-3-9-16/h1-11H,12-13H2,(H,20,22). The minimum absolute atomic E-state index is 0.102. The van der Waals surface area contributed by atoms with Gasteiger partial charge in [-0.1, -0.05) is 42.5 Å². The first-order valence-corrected chi connectivity index (χ1v) is 7.90. The van der Waals surface area contributed by atoms with E-state index in [1.807, 2.05) is 54.6 Å². The third-order valence-corrected chi connectivity index (χ3v) is 3.69. The first kappa shape index (κ1) is 17.2. The van der Waals surface area contributed by atoms with Gasteiger partial charge in [0.25, 0.3) is 5.91 Å². The number of carbonyl (C=O) groups excluding carboxylic acids is 1. The summed E-state index contributed by atoms with van der Waals surface area (Å²) in [5, 5.41) is 13.3. The zero-order chi connectivity index (χ0) is 18.4. The molecule has 0 atom stereocenters. The van der Waals surface area contributed by atoms with Gasteiger partial charge in [0, 0.05) is 6.54 Å². The molecule has 1 heterocycles. The van der Waals surface area contributed by atoms with E-state index in [4.69, 9.17) is 9.15 Å². The van der Waals surface area contributed by atoms with Gasteiger partial charge >= 0.3 is 5.88 Å². The van der Waals surface area contributed by atoms with Gasteiger partial charge in [-0.3, -0.25) is 14.9 Å². The molecule has 0 saturated heterocycles. The second-order valence-electron chi connectivity index (χ2n) is 5.45. The summed E-state index contributed by atoms with van der Waals surface area (Å²) in [6.07, 6.45) is 0. The molecule has 7 nitrogen and oxygen atoms in total. The molecule has 3 aromatic rings. The van der Waals surface area contributed by atoms with Gasteiger partial charge in [-0.25, -0.2) is 0 Å². The normalized spacial score (nSPS) is 10.3. The summed E-state index contributed by atoms with van der Waals surface area (Å²) in [6, 6.07) is 19.4. The molecule has 0 aliphatic rings. The average Bonchev–Trinajstić information content (AvgIpc) is 3.16. The fourth-order valence-corrected chi connectivity index (χ4v) is 2.36. The lowest BCUT2D eigenvalue weighted by Crippen LogP contribution is -2.23. The van der Waals surface area contributed by atoms with Crippen LogP contribution in [-0.4, -0.2) is 10.8 Å². The second kappa shape index (κ2) is 7.98. The van der Waals surface area contributed by atoms with Crippen LogP contribution in [-0.2, 0) is 13.2 Å². The summed E-state index contributed by atoms with van der Waals surface area (Å²) >= 11 is 0. The number of furan rings is 1. The summed E-state index contributed by atoms with van der Waals surface area (Å²) in [5.41, 5.74) is 1.82. The van der Waals surface area contributed by atoms with Crippen LogP contribution in [0.3, 0.4) is 0 Å². The van der Waals surface area contributed by atoms with Crippen LogP contribution >= 0.6 is 0 Å². The molecule has 0 spiro atoms. The maximum Gasteiger partial charge on any atom is 0.433 e. The molecule has 0 fully saturated rings. The second-order valence-corrected chi connectivity index (χ2v) is 5.45. The number of carbonyl (C=O) groups is 1. The molecule has 0 aliphatic heterocycles. The molecule has 0 radical (unpaired) electrons. The molecule has 132 valence electrons. The van der Waals surface area contributed by atoms with Crippen LogP contribution in [0.1, 0.15) is 21.7 Å². The lowest BCUT2D eigenvalue weighted by Gasteiger charge is -2.11. The topological polar surface area (TPSA) is 94.6 Å². The van der Waals surface area contributed by atoms with E-state index in [2.05, 4.69) is 5.32 Å². The lowest BCUT2D eigenvalue weighted by atomic mass is 10.1. The largest absolute Gasteiger partial charge is 0.489 e. The molecular formula is C19H16N2O5. The van der Waals surface area contributed by atoms with Crippen LogP contribution in [0, 0.1) is 10.1 Å². The number of hydrogen-bond donors (Lipinski definition) is 1. The van der Waals surface area contributed by atoms with Crippen LogP contribution < -0.4 is 10.1 Å². The van der Waals surface area contributed by atoms with Gasteiger partial charge in [-0.05, 0) is 29.3 Å². The highest BCUT2D eigenvalue weighted by molar-refractivity contribution is 5.91. The van der Waals surface area contributed by atoms with E-state index in [0.29, 0.717) is 6.61 Å². The molecule has 7 heteroatoms. The zero-order valence-corrected chi connectivity index (χ0v) is 13.8. The van der Waals surface area contributed by atoms with Crippen LogP contribution in [0.2, 0.25) is 0 Å². The molecule has 0 bridgehead atoms. The van der Waals surface area contributed by atoms with Crippen LogP contribution in [0.25, 0.3) is 0 Å². The summed E-state index contributed by atoms with van der Waals surface area (Å²) < 4.78 is 10.6. The summed E-state index contributed by atoms with van der Waals surface area (Å²) in [7, 11) is 0. The Hall–Kier alpha value is -3.61. The number of nitrogens with zero attached hydrogens (tertiary/aromatic N) is 1. The smallest absolute Gasteiger partial charge is 0.433 e. The van der Waals surface area contributed by atoms with Gasteiger partial charge in [0.15, 0.2) is 5.76 Å². The van der Waals surface area contributed by atoms with E-state index in [1.165, 1.54) is 6.07 Å². The Kier molecular flexibility index (Phi) is 5.28. The Morgan fingerprint density at radius 1 is 1.00 bits per heavy atom. The number of nitro groups is 1. The molecule has 0 saturated carbocycles. The minimum Gasteiger partial charge on any atom is -0.489 e. The first-order valence-electron chi connectivity index (χ1n) is 7.90. The van der Waals surface area contributed by atoms with Crippen molar-refractivity contribution in [3.63, 3.8) is 0 Å². The SMILES string of the molecule is O=C(NCc1ccccc1COc1ccccc1)c1ccc([N+](=O)[O-])o1. The van der Waals surface area contributed by atoms with E-state index in [1.54, 1.807) is 0 Å². The predicted molar refractivity (Wildman–Crippen MR) is 93.7 cm³/mol. The monoisotopic (exact) mass is 352 g/mol. The van der Waals surface area contributed by atoms with E-state index < -0.39 is 16.7 Å². The first-order chi connectivity index (χ1) is 12.6. The molecule has 0 unspecified atom stereocenters. The van der Waals surface area contributed by atoms with Crippen molar-refractivity contribution in [2.24, 2.45) is 0 Å².